The summed E-state index contributed by atoms with van der Waals surface area (Å²) in [5.74, 6) is 0.816. The molecule has 0 saturated heterocycles. The van der Waals surface area contributed by atoms with Gasteiger partial charge >= 0.3 is 0 Å². The second-order valence-electron chi connectivity index (χ2n) is 3.58. The molecule has 0 aromatic carbocycles. The van der Waals surface area contributed by atoms with Crippen LogP contribution in [0.2, 0.25) is 0 Å². The summed E-state index contributed by atoms with van der Waals surface area (Å²) in [5.41, 5.74) is 7.67. The quantitative estimate of drug-likeness (QED) is 0.764. The zero-order valence-electron chi connectivity index (χ0n) is 9.40. The summed E-state index contributed by atoms with van der Waals surface area (Å²) in [7, 11) is 0. The van der Waals surface area contributed by atoms with Gasteiger partial charge in [-0.25, -0.2) is 4.98 Å². The predicted molar refractivity (Wildman–Crippen MR) is 63.0 cm³/mol. The molecule has 0 aliphatic rings. The smallest absolute Gasteiger partial charge is 0.151 e. The second-order valence-corrected chi connectivity index (χ2v) is 3.58. The van der Waals surface area contributed by atoms with Crippen molar-refractivity contribution in [1.82, 2.24) is 4.98 Å². The van der Waals surface area contributed by atoms with Gasteiger partial charge in [0.25, 0.3) is 0 Å². The molecule has 4 nitrogen and oxygen atoms in total. The Bertz CT molecular complexity index is 315. The van der Waals surface area contributed by atoms with Crippen molar-refractivity contribution in [3.63, 3.8) is 0 Å². The third-order valence-corrected chi connectivity index (χ3v) is 2.30. The molecule has 0 bridgehead atoms. The standard InChI is InChI=1S/C11H19N3O/c1-3-14(5-4-6-15)11-10(12)7-9(2)8-13-11/h7-8,15H,3-6,12H2,1-2H3. The van der Waals surface area contributed by atoms with Crippen LogP contribution < -0.4 is 10.6 Å². The van der Waals surface area contributed by atoms with Gasteiger partial charge in [0.2, 0.25) is 0 Å². The Balaban J connectivity index is 2.81. The lowest BCUT2D eigenvalue weighted by Gasteiger charge is -2.23. The van der Waals surface area contributed by atoms with Crippen LogP contribution in [-0.2, 0) is 0 Å². The van der Waals surface area contributed by atoms with Gasteiger partial charge in [0.1, 0.15) is 0 Å². The van der Waals surface area contributed by atoms with Crippen LogP contribution in [0.15, 0.2) is 12.3 Å². The van der Waals surface area contributed by atoms with E-state index in [2.05, 4.69) is 16.8 Å². The fourth-order valence-corrected chi connectivity index (χ4v) is 1.52. The fraction of sp³-hybridized carbons (Fsp3) is 0.545. The number of aliphatic hydroxyl groups excluding tert-OH is 1. The van der Waals surface area contributed by atoms with E-state index < -0.39 is 0 Å². The Kier molecular flexibility index (Phi) is 4.37. The normalized spacial score (nSPS) is 10.3. The lowest BCUT2D eigenvalue weighted by molar-refractivity contribution is 0.289. The molecule has 1 heterocycles. The Labute approximate surface area is 90.7 Å². The summed E-state index contributed by atoms with van der Waals surface area (Å²) in [6.07, 6.45) is 2.55. The first-order valence-electron chi connectivity index (χ1n) is 5.27. The maximum atomic E-state index is 8.79. The van der Waals surface area contributed by atoms with Crippen LogP contribution in [0.1, 0.15) is 18.9 Å². The average molecular weight is 209 g/mol. The topological polar surface area (TPSA) is 62.4 Å². The molecule has 1 aromatic heterocycles. The van der Waals surface area contributed by atoms with Crippen molar-refractivity contribution in [3.05, 3.63) is 17.8 Å². The number of nitrogen functional groups attached to an aromatic ring is 1. The van der Waals surface area contributed by atoms with E-state index >= 15 is 0 Å². The molecule has 1 aromatic rings. The molecule has 0 spiro atoms. The Morgan fingerprint density at radius 3 is 2.80 bits per heavy atom. The zero-order chi connectivity index (χ0) is 11.3. The van der Waals surface area contributed by atoms with Gasteiger partial charge in [0, 0.05) is 25.9 Å². The van der Waals surface area contributed by atoms with Crippen LogP contribution in [0.3, 0.4) is 0 Å². The summed E-state index contributed by atoms with van der Waals surface area (Å²) >= 11 is 0. The first-order chi connectivity index (χ1) is 7.19. The summed E-state index contributed by atoms with van der Waals surface area (Å²) < 4.78 is 0. The fourth-order valence-electron chi connectivity index (χ4n) is 1.52. The van der Waals surface area contributed by atoms with Gasteiger partial charge in [-0.05, 0) is 31.9 Å². The van der Waals surface area contributed by atoms with Crippen LogP contribution >= 0.6 is 0 Å². The van der Waals surface area contributed by atoms with E-state index in [1.54, 1.807) is 0 Å². The van der Waals surface area contributed by atoms with E-state index in [0.29, 0.717) is 5.69 Å². The Hall–Kier alpha value is -1.29. The number of rotatable bonds is 5. The number of anilines is 2. The summed E-state index contributed by atoms with van der Waals surface area (Å²) in [6, 6.07) is 1.92. The van der Waals surface area contributed by atoms with Crippen molar-refractivity contribution in [3.8, 4) is 0 Å². The molecule has 15 heavy (non-hydrogen) atoms. The number of aromatic nitrogens is 1. The maximum Gasteiger partial charge on any atom is 0.151 e. The lowest BCUT2D eigenvalue weighted by atomic mass is 10.2. The Morgan fingerprint density at radius 1 is 1.53 bits per heavy atom. The molecule has 0 radical (unpaired) electrons. The first kappa shape index (κ1) is 11.8. The van der Waals surface area contributed by atoms with E-state index in [4.69, 9.17) is 10.8 Å². The third kappa shape index (κ3) is 3.09. The highest BCUT2D eigenvalue weighted by Crippen LogP contribution is 2.20. The summed E-state index contributed by atoms with van der Waals surface area (Å²) in [5, 5.41) is 8.79. The van der Waals surface area contributed by atoms with Crippen LogP contribution in [0.25, 0.3) is 0 Å². The van der Waals surface area contributed by atoms with Gasteiger partial charge in [-0.1, -0.05) is 0 Å². The van der Waals surface area contributed by atoms with E-state index in [-0.39, 0.29) is 6.61 Å². The van der Waals surface area contributed by atoms with Gasteiger partial charge in [0.05, 0.1) is 5.69 Å². The molecule has 0 fully saturated rings. The third-order valence-electron chi connectivity index (χ3n) is 2.30. The number of aryl methyl sites for hydroxylation is 1. The second kappa shape index (κ2) is 5.56. The predicted octanol–water partition coefficient (Wildman–Crippen LogP) is 1.18. The van der Waals surface area contributed by atoms with Crippen molar-refractivity contribution in [2.75, 3.05) is 30.3 Å². The number of nitrogens with two attached hydrogens (primary N) is 1. The highest BCUT2D eigenvalue weighted by molar-refractivity contribution is 5.63. The van der Waals surface area contributed by atoms with E-state index in [1.165, 1.54) is 0 Å². The van der Waals surface area contributed by atoms with Gasteiger partial charge in [0.15, 0.2) is 5.82 Å². The summed E-state index contributed by atoms with van der Waals surface area (Å²) in [4.78, 5) is 6.40. The van der Waals surface area contributed by atoms with Crippen molar-refractivity contribution in [2.45, 2.75) is 20.3 Å². The van der Waals surface area contributed by atoms with Crippen LogP contribution in [-0.4, -0.2) is 29.8 Å². The molecular formula is C11H19N3O. The highest BCUT2D eigenvalue weighted by Gasteiger charge is 2.08. The molecule has 0 amide bonds. The molecule has 3 N–H and O–H groups in total. The molecule has 84 valence electrons. The van der Waals surface area contributed by atoms with Crippen molar-refractivity contribution < 1.29 is 5.11 Å². The molecule has 0 atom stereocenters. The maximum absolute atomic E-state index is 8.79. The number of nitrogens with zero attached hydrogens (tertiary/aromatic N) is 2. The number of hydrogen-bond donors (Lipinski definition) is 2. The monoisotopic (exact) mass is 209 g/mol. The first-order valence-corrected chi connectivity index (χ1v) is 5.27. The lowest BCUT2D eigenvalue weighted by Crippen LogP contribution is -2.26. The minimum Gasteiger partial charge on any atom is -0.396 e. The van der Waals surface area contributed by atoms with Gasteiger partial charge in [-0.2, -0.15) is 0 Å². The minimum absolute atomic E-state index is 0.197. The van der Waals surface area contributed by atoms with Crippen LogP contribution in [0.4, 0.5) is 11.5 Å². The molecule has 0 unspecified atom stereocenters. The molecular weight excluding hydrogens is 190 g/mol. The highest BCUT2D eigenvalue weighted by atomic mass is 16.3. The van der Waals surface area contributed by atoms with Crippen molar-refractivity contribution >= 4 is 11.5 Å². The molecule has 0 aliphatic heterocycles. The number of pyridine rings is 1. The van der Waals surface area contributed by atoms with Crippen LogP contribution in [0, 0.1) is 6.92 Å². The van der Waals surface area contributed by atoms with Crippen molar-refractivity contribution in [2.24, 2.45) is 0 Å². The molecule has 1 rings (SSSR count). The zero-order valence-corrected chi connectivity index (χ0v) is 9.40. The van der Waals surface area contributed by atoms with E-state index in [9.17, 15) is 0 Å². The number of aliphatic hydroxyl groups is 1. The molecule has 4 heteroatoms. The number of hydrogen-bond acceptors (Lipinski definition) is 4. The summed E-state index contributed by atoms with van der Waals surface area (Å²) in [6.45, 7) is 5.85. The van der Waals surface area contributed by atoms with Gasteiger partial charge in [-0.15, -0.1) is 0 Å². The minimum atomic E-state index is 0.197. The van der Waals surface area contributed by atoms with E-state index in [0.717, 1.165) is 30.9 Å². The van der Waals surface area contributed by atoms with E-state index in [1.807, 2.05) is 19.2 Å². The van der Waals surface area contributed by atoms with Crippen molar-refractivity contribution in [1.29, 1.82) is 0 Å². The molecule has 0 saturated carbocycles. The molecule has 0 aliphatic carbocycles. The van der Waals surface area contributed by atoms with Gasteiger partial charge in [-0.3, -0.25) is 0 Å². The van der Waals surface area contributed by atoms with Crippen LogP contribution in [0.5, 0.6) is 0 Å². The van der Waals surface area contributed by atoms with Gasteiger partial charge < -0.3 is 15.7 Å². The SMILES string of the molecule is CCN(CCCO)c1ncc(C)cc1N. The average Bonchev–Trinajstić information content (AvgIpc) is 2.21. The largest absolute Gasteiger partial charge is 0.396 e. The Morgan fingerprint density at radius 2 is 2.27 bits per heavy atom.